The average molecular weight is 395 g/mol. The van der Waals surface area contributed by atoms with E-state index in [4.69, 9.17) is 0 Å². The molecule has 4 atom stereocenters. The summed E-state index contributed by atoms with van der Waals surface area (Å²) in [5, 5.41) is 0. The summed E-state index contributed by atoms with van der Waals surface area (Å²) >= 11 is 0. The Hall–Kier alpha value is -2.43. The van der Waals surface area contributed by atoms with Gasteiger partial charge in [-0.1, -0.05) is 44.6 Å². The number of benzene rings is 1. The van der Waals surface area contributed by atoms with Gasteiger partial charge in [0.2, 0.25) is 11.8 Å². The van der Waals surface area contributed by atoms with Gasteiger partial charge in [-0.15, -0.1) is 0 Å². The molecule has 2 saturated heterocycles. The fraction of sp³-hybridized carbons (Fsp3) is 0.542. The van der Waals surface area contributed by atoms with Crippen molar-refractivity contribution in [3.63, 3.8) is 0 Å². The molecule has 0 aliphatic carbocycles. The number of fused-ring (bicyclic) bond motifs is 5. The second kappa shape index (κ2) is 6.04. The zero-order chi connectivity index (χ0) is 21.5. The summed E-state index contributed by atoms with van der Waals surface area (Å²) in [4.78, 5) is 44.0. The Bertz CT molecular complexity index is 948. The number of carbonyl (C=O) groups is 3. The molecule has 5 nitrogen and oxygen atoms in total. The number of hydrogen-bond acceptors (Lipinski definition) is 4. The van der Waals surface area contributed by atoms with Crippen LogP contribution in [-0.2, 0) is 14.4 Å². The first-order valence-corrected chi connectivity index (χ1v) is 10.3. The van der Waals surface area contributed by atoms with Crippen LogP contribution >= 0.6 is 0 Å². The van der Waals surface area contributed by atoms with E-state index in [0.717, 1.165) is 16.8 Å². The predicted octanol–water partition coefficient (Wildman–Crippen LogP) is 3.59. The number of likely N-dealkylation sites (tertiary alicyclic amines) is 1. The van der Waals surface area contributed by atoms with Crippen molar-refractivity contribution in [2.24, 2.45) is 17.3 Å². The molecular weight excluding hydrogens is 364 g/mol. The van der Waals surface area contributed by atoms with Gasteiger partial charge in [0.15, 0.2) is 5.78 Å². The van der Waals surface area contributed by atoms with Crippen LogP contribution in [-0.4, -0.2) is 40.1 Å². The molecule has 0 saturated carbocycles. The lowest BCUT2D eigenvalue weighted by Crippen LogP contribution is -2.54. The molecule has 1 aromatic carbocycles. The fourth-order valence-corrected chi connectivity index (χ4v) is 5.10. The topological polar surface area (TPSA) is 57.7 Å². The first-order valence-electron chi connectivity index (χ1n) is 10.3. The van der Waals surface area contributed by atoms with Crippen LogP contribution in [0.1, 0.15) is 52.7 Å². The van der Waals surface area contributed by atoms with Gasteiger partial charge in [0.05, 0.1) is 17.9 Å². The normalized spacial score (nSPS) is 28.5. The van der Waals surface area contributed by atoms with E-state index in [1.54, 1.807) is 0 Å². The molecule has 3 aliphatic heterocycles. The van der Waals surface area contributed by atoms with Gasteiger partial charge in [0.1, 0.15) is 6.04 Å². The maximum atomic E-state index is 13.6. The summed E-state index contributed by atoms with van der Waals surface area (Å²) in [6.07, 6.45) is 4.04. The molecular formula is C24H30N2O3. The number of carbonyl (C=O) groups excluding carboxylic acids is 3. The maximum Gasteiger partial charge on any atom is 0.236 e. The van der Waals surface area contributed by atoms with Crippen LogP contribution in [0.25, 0.3) is 6.08 Å². The zero-order valence-electron chi connectivity index (χ0n) is 18.3. The summed E-state index contributed by atoms with van der Waals surface area (Å²) in [7, 11) is 0. The summed E-state index contributed by atoms with van der Waals surface area (Å²) < 4.78 is 0. The minimum atomic E-state index is -0.643. The lowest BCUT2D eigenvalue weighted by Gasteiger charge is -2.40. The highest BCUT2D eigenvalue weighted by atomic mass is 16.2. The third kappa shape index (κ3) is 2.77. The third-order valence-corrected chi connectivity index (χ3v) is 6.34. The first kappa shape index (κ1) is 19.9. The summed E-state index contributed by atoms with van der Waals surface area (Å²) in [5.74, 6) is -1.54. The molecule has 3 heterocycles. The summed E-state index contributed by atoms with van der Waals surface area (Å²) in [5.41, 5.74) is 1.88. The molecule has 0 radical (unpaired) electrons. The molecule has 0 spiro atoms. The van der Waals surface area contributed by atoms with Gasteiger partial charge in [-0.3, -0.25) is 19.3 Å². The van der Waals surface area contributed by atoms with E-state index >= 15 is 0 Å². The van der Waals surface area contributed by atoms with Crippen molar-refractivity contribution in [2.45, 2.75) is 66.1 Å². The van der Waals surface area contributed by atoms with Crippen LogP contribution in [0.15, 0.2) is 24.3 Å². The SMILES string of the molecule is Cc1ccc2c(c1)C=C[C@@H]1[C@H]3C(=O)N(C(C)(C)C)C(=O)[C@@H]3[C@@H](C(=O)C(C)(C)C)N21. The number of Topliss-reactive ketones (excluding diaryl/α,β-unsaturated/α-hetero) is 1. The molecule has 0 aromatic heterocycles. The largest absolute Gasteiger partial charge is 0.353 e. The van der Waals surface area contributed by atoms with Gasteiger partial charge in [-0.05, 0) is 45.4 Å². The summed E-state index contributed by atoms with van der Waals surface area (Å²) in [6, 6.07) is 5.20. The van der Waals surface area contributed by atoms with E-state index in [1.165, 1.54) is 4.90 Å². The molecule has 29 heavy (non-hydrogen) atoms. The van der Waals surface area contributed by atoms with Gasteiger partial charge in [-0.25, -0.2) is 0 Å². The lowest BCUT2D eigenvalue weighted by atomic mass is 9.79. The third-order valence-electron chi connectivity index (χ3n) is 6.34. The van der Waals surface area contributed by atoms with Crippen LogP contribution in [0.3, 0.4) is 0 Å². The monoisotopic (exact) mass is 394 g/mol. The van der Waals surface area contributed by atoms with E-state index in [-0.39, 0.29) is 23.6 Å². The predicted molar refractivity (Wildman–Crippen MR) is 113 cm³/mol. The van der Waals surface area contributed by atoms with Crippen LogP contribution in [0.5, 0.6) is 0 Å². The van der Waals surface area contributed by atoms with E-state index in [1.807, 2.05) is 77.7 Å². The van der Waals surface area contributed by atoms with Crippen LogP contribution in [0, 0.1) is 24.2 Å². The Morgan fingerprint density at radius 2 is 1.59 bits per heavy atom. The molecule has 0 bridgehead atoms. The Kier molecular flexibility index (Phi) is 4.14. The molecule has 154 valence electrons. The molecule has 5 heteroatoms. The molecule has 1 aromatic rings. The number of imide groups is 1. The van der Waals surface area contributed by atoms with Crippen LogP contribution in [0.4, 0.5) is 5.69 Å². The molecule has 0 N–H and O–H groups in total. The van der Waals surface area contributed by atoms with Crippen molar-refractivity contribution in [3.8, 4) is 0 Å². The van der Waals surface area contributed by atoms with Crippen molar-refractivity contribution in [1.82, 2.24) is 4.90 Å². The standard InChI is InChI=1S/C24H30N2O3/c1-13-8-10-15-14(12-13)9-11-16-17-18(19(25(15)16)20(27)23(2,3)4)22(29)26(21(17)28)24(5,6)7/h8-12,16-19H,1-7H3/t16-,17-,18+,19+/m1/s1. The number of anilines is 1. The van der Waals surface area contributed by atoms with Crippen LogP contribution < -0.4 is 4.90 Å². The smallest absolute Gasteiger partial charge is 0.236 e. The minimum Gasteiger partial charge on any atom is -0.353 e. The van der Waals surface area contributed by atoms with E-state index in [2.05, 4.69) is 6.07 Å². The second-order valence-corrected chi connectivity index (χ2v) is 10.6. The highest BCUT2D eigenvalue weighted by Gasteiger charge is 2.65. The highest BCUT2D eigenvalue weighted by molar-refractivity contribution is 6.12. The van der Waals surface area contributed by atoms with Gasteiger partial charge in [-0.2, -0.15) is 0 Å². The fourth-order valence-electron chi connectivity index (χ4n) is 5.10. The number of amides is 2. The van der Waals surface area contributed by atoms with Crippen molar-refractivity contribution in [2.75, 3.05) is 4.90 Å². The Morgan fingerprint density at radius 3 is 2.17 bits per heavy atom. The maximum absolute atomic E-state index is 13.6. The van der Waals surface area contributed by atoms with Gasteiger partial charge in [0, 0.05) is 16.6 Å². The number of hydrogen-bond donors (Lipinski definition) is 0. The van der Waals surface area contributed by atoms with Crippen molar-refractivity contribution < 1.29 is 14.4 Å². The lowest BCUT2D eigenvalue weighted by molar-refractivity contribution is -0.146. The van der Waals surface area contributed by atoms with Crippen LogP contribution in [0.2, 0.25) is 0 Å². The minimum absolute atomic E-state index is 0.00809. The molecule has 2 amide bonds. The number of nitrogens with zero attached hydrogens (tertiary/aromatic N) is 2. The second-order valence-electron chi connectivity index (χ2n) is 10.6. The molecule has 0 unspecified atom stereocenters. The Morgan fingerprint density at radius 1 is 0.966 bits per heavy atom. The van der Waals surface area contributed by atoms with Gasteiger partial charge >= 0.3 is 0 Å². The number of aryl methyl sites for hydroxylation is 1. The van der Waals surface area contributed by atoms with Gasteiger partial charge < -0.3 is 4.90 Å². The highest BCUT2D eigenvalue weighted by Crippen LogP contribution is 2.50. The average Bonchev–Trinajstić information content (AvgIpc) is 3.06. The Labute approximate surface area is 172 Å². The number of rotatable bonds is 1. The van der Waals surface area contributed by atoms with Crippen molar-refractivity contribution in [3.05, 3.63) is 35.4 Å². The van der Waals surface area contributed by atoms with E-state index in [0.29, 0.717) is 0 Å². The van der Waals surface area contributed by atoms with Crippen molar-refractivity contribution >= 4 is 29.4 Å². The van der Waals surface area contributed by atoms with E-state index in [9.17, 15) is 14.4 Å². The zero-order valence-corrected chi connectivity index (χ0v) is 18.3. The molecule has 3 aliphatic rings. The van der Waals surface area contributed by atoms with E-state index < -0.39 is 28.8 Å². The Balaban J connectivity index is 1.90. The molecule has 4 rings (SSSR count). The quantitative estimate of drug-likeness (QED) is 0.683. The summed E-state index contributed by atoms with van der Waals surface area (Å²) in [6.45, 7) is 13.3. The van der Waals surface area contributed by atoms with Crippen molar-refractivity contribution in [1.29, 1.82) is 0 Å². The first-order chi connectivity index (χ1) is 13.3. The van der Waals surface area contributed by atoms with Gasteiger partial charge in [0.25, 0.3) is 0 Å². The molecule has 2 fully saturated rings. The number of ketones is 1.